The van der Waals surface area contributed by atoms with Crippen LogP contribution >= 0.6 is 0 Å². The Bertz CT molecular complexity index is 3090. The molecule has 0 saturated heterocycles. The van der Waals surface area contributed by atoms with Crippen molar-refractivity contribution < 1.29 is 4.42 Å². The van der Waals surface area contributed by atoms with E-state index in [0.717, 1.165) is 39.4 Å². The van der Waals surface area contributed by atoms with Crippen LogP contribution in [0.3, 0.4) is 0 Å². The highest BCUT2D eigenvalue weighted by molar-refractivity contribution is 6.12. The summed E-state index contributed by atoms with van der Waals surface area (Å²) in [6.07, 6.45) is 0. The van der Waals surface area contributed by atoms with Gasteiger partial charge in [-0.15, -0.1) is 0 Å². The summed E-state index contributed by atoms with van der Waals surface area (Å²) in [5.74, 6) is 0.754. The van der Waals surface area contributed by atoms with Gasteiger partial charge in [0.2, 0.25) is 0 Å². The molecule has 2 aliphatic rings. The Morgan fingerprint density at radius 2 is 1.07 bits per heavy atom. The molecule has 1 aromatic heterocycles. The van der Waals surface area contributed by atoms with Gasteiger partial charge in [-0.2, -0.15) is 0 Å². The van der Waals surface area contributed by atoms with Crippen LogP contribution in [0.25, 0.3) is 55.3 Å². The average molecular weight is 798 g/mol. The summed E-state index contributed by atoms with van der Waals surface area (Å²) in [5, 5.41) is 2.37. The van der Waals surface area contributed by atoms with Crippen LogP contribution in [0.15, 0.2) is 132 Å². The van der Waals surface area contributed by atoms with Gasteiger partial charge >= 0.3 is 0 Å². The van der Waals surface area contributed by atoms with Crippen LogP contribution in [0.5, 0.6) is 0 Å². The number of benzene rings is 7. The number of furan rings is 1. The van der Waals surface area contributed by atoms with Crippen LogP contribution in [0.1, 0.15) is 133 Å². The fraction of sp³-hybridized carbons (Fsp3) is 0.288. The van der Waals surface area contributed by atoms with Crippen LogP contribution in [-0.2, 0) is 16.2 Å². The highest BCUT2D eigenvalue weighted by atomic mass is 16.3. The van der Waals surface area contributed by atoms with Crippen LogP contribution < -0.4 is 4.90 Å². The molecule has 10 rings (SSSR count). The maximum atomic E-state index is 7.10. The molecule has 0 fully saturated rings. The molecular weight excluding hydrogens is 739 g/mol. The smallest absolute Gasteiger partial charge is 0.143 e. The van der Waals surface area contributed by atoms with Gasteiger partial charge in [0, 0.05) is 44.1 Å². The van der Waals surface area contributed by atoms with Gasteiger partial charge in [0.1, 0.15) is 11.2 Å². The Hall–Kier alpha value is -5.86. The number of fused-ring (bicyclic) bond motifs is 9. The number of aryl methyl sites for hydroxylation is 1. The Morgan fingerprint density at radius 1 is 0.492 bits per heavy atom. The highest BCUT2D eigenvalue weighted by Crippen LogP contribution is 2.55. The van der Waals surface area contributed by atoms with E-state index in [1.807, 2.05) is 0 Å². The third-order valence-corrected chi connectivity index (χ3v) is 14.2. The molecule has 7 aromatic carbocycles. The first-order valence-corrected chi connectivity index (χ1v) is 22.4. The molecule has 0 radical (unpaired) electrons. The van der Waals surface area contributed by atoms with Crippen molar-refractivity contribution >= 4 is 39.0 Å². The van der Waals surface area contributed by atoms with Gasteiger partial charge in [-0.25, -0.2) is 0 Å². The Balaban J connectivity index is 1.22. The van der Waals surface area contributed by atoms with E-state index in [1.165, 1.54) is 77.5 Å². The molecule has 0 N–H and O–H groups in total. The van der Waals surface area contributed by atoms with Crippen LogP contribution in [0, 0.1) is 6.92 Å². The molecule has 61 heavy (non-hydrogen) atoms. The lowest BCUT2D eigenvalue weighted by atomic mass is 9.79. The summed E-state index contributed by atoms with van der Waals surface area (Å²) in [4.78, 5) is 2.53. The van der Waals surface area contributed by atoms with Crippen molar-refractivity contribution in [3.05, 3.63) is 172 Å². The standard InChI is InChI=1S/C59H59NO/c1-34(2)37-29-48(35(3)4)56-49(30-37)47-18-15-17-46(55(47)61-56)45-24-20-36(5)28-54(45)60(39-22-26-43-41-16-13-14-19-50(41)58(9,10)52(43)32-39)40-23-27-44-42-25-21-38(57(6,7)8)31-51(42)59(11,12)53(44)33-40/h13-35H,1-12H3. The number of nitrogens with zero attached hydrogens (tertiary/aromatic N) is 1. The second-order valence-corrected chi connectivity index (χ2v) is 20.7. The molecule has 1 heterocycles. The molecule has 2 aliphatic carbocycles. The normalized spacial score (nSPS) is 14.8. The summed E-state index contributed by atoms with van der Waals surface area (Å²) in [6, 6.07) is 48.9. The van der Waals surface area contributed by atoms with Crippen molar-refractivity contribution in [3.63, 3.8) is 0 Å². The topological polar surface area (TPSA) is 16.4 Å². The Kier molecular flexibility index (Phi) is 8.74. The first-order chi connectivity index (χ1) is 28.9. The maximum Gasteiger partial charge on any atom is 0.143 e. The number of hydrogen-bond acceptors (Lipinski definition) is 2. The van der Waals surface area contributed by atoms with Crippen molar-refractivity contribution in [3.8, 4) is 33.4 Å². The minimum Gasteiger partial charge on any atom is -0.455 e. The van der Waals surface area contributed by atoms with Gasteiger partial charge in [-0.05, 0) is 127 Å². The molecule has 2 nitrogen and oxygen atoms in total. The summed E-state index contributed by atoms with van der Waals surface area (Å²) >= 11 is 0. The van der Waals surface area contributed by atoms with Crippen LogP contribution in [-0.4, -0.2) is 0 Å². The van der Waals surface area contributed by atoms with Crippen molar-refractivity contribution in [2.45, 2.75) is 111 Å². The highest BCUT2D eigenvalue weighted by Gasteiger charge is 2.39. The van der Waals surface area contributed by atoms with Gasteiger partial charge in [0.25, 0.3) is 0 Å². The molecule has 306 valence electrons. The molecule has 0 bridgehead atoms. The van der Waals surface area contributed by atoms with Gasteiger partial charge in [0.15, 0.2) is 0 Å². The zero-order valence-corrected chi connectivity index (χ0v) is 38.1. The first kappa shape index (κ1) is 39.3. The largest absolute Gasteiger partial charge is 0.455 e. The number of rotatable bonds is 6. The number of anilines is 3. The summed E-state index contributed by atoms with van der Waals surface area (Å²) in [7, 11) is 0. The zero-order valence-electron chi connectivity index (χ0n) is 38.1. The number of hydrogen-bond donors (Lipinski definition) is 0. The minimum atomic E-state index is -0.173. The van der Waals surface area contributed by atoms with E-state index in [4.69, 9.17) is 4.42 Å². The summed E-state index contributed by atoms with van der Waals surface area (Å²) < 4.78 is 7.10. The third-order valence-electron chi connectivity index (χ3n) is 14.2. The minimum absolute atomic E-state index is 0.0696. The predicted octanol–water partition coefficient (Wildman–Crippen LogP) is 17.2. The van der Waals surface area contributed by atoms with Crippen molar-refractivity contribution in [2.24, 2.45) is 0 Å². The molecule has 2 heteroatoms. The lowest BCUT2D eigenvalue weighted by Gasteiger charge is -2.31. The first-order valence-electron chi connectivity index (χ1n) is 22.4. The van der Waals surface area contributed by atoms with Gasteiger partial charge < -0.3 is 9.32 Å². The van der Waals surface area contributed by atoms with E-state index >= 15 is 0 Å². The maximum absolute atomic E-state index is 7.10. The SMILES string of the molecule is Cc1ccc(-c2cccc3c2oc2c(C(C)C)cc(C(C)C)cc23)c(N(c2ccc3c(c2)C(C)(C)c2ccccc2-3)c2ccc3c(c2)C(C)(C)c2cc(C(C)(C)C)ccc2-3)c1. The van der Waals surface area contributed by atoms with Crippen LogP contribution in [0.2, 0.25) is 0 Å². The third kappa shape index (κ3) is 5.96. The van der Waals surface area contributed by atoms with E-state index < -0.39 is 0 Å². The average Bonchev–Trinajstić information content (AvgIpc) is 3.80. The van der Waals surface area contributed by atoms with Gasteiger partial charge in [-0.1, -0.05) is 167 Å². The van der Waals surface area contributed by atoms with E-state index in [2.05, 4.69) is 215 Å². The monoisotopic (exact) mass is 797 g/mol. The molecule has 0 amide bonds. The molecule has 8 aromatic rings. The molecule has 0 unspecified atom stereocenters. The van der Waals surface area contributed by atoms with Crippen molar-refractivity contribution in [2.75, 3.05) is 4.90 Å². The molecule has 0 saturated carbocycles. The quantitative estimate of drug-likeness (QED) is 0.167. The van der Waals surface area contributed by atoms with E-state index in [1.54, 1.807) is 0 Å². The van der Waals surface area contributed by atoms with E-state index in [-0.39, 0.29) is 16.2 Å². The molecule has 0 atom stereocenters. The van der Waals surface area contributed by atoms with Gasteiger partial charge in [0.05, 0.1) is 5.69 Å². The fourth-order valence-corrected chi connectivity index (χ4v) is 10.6. The lowest BCUT2D eigenvalue weighted by molar-refractivity contribution is 0.584. The van der Waals surface area contributed by atoms with Crippen molar-refractivity contribution in [1.29, 1.82) is 0 Å². The molecule has 0 aliphatic heterocycles. The molecular formula is C59H59NO. The second kappa shape index (κ2) is 13.6. The van der Waals surface area contributed by atoms with Crippen LogP contribution in [0.4, 0.5) is 17.1 Å². The van der Waals surface area contributed by atoms with E-state index in [0.29, 0.717) is 11.8 Å². The van der Waals surface area contributed by atoms with Gasteiger partial charge in [-0.3, -0.25) is 0 Å². The lowest BCUT2D eigenvalue weighted by Crippen LogP contribution is -2.19. The Labute approximate surface area is 363 Å². The molecule has 0 spiro atoms. The van der Waals surface area contributed by atoms with E-state index in [9.17, 15) is 0 Å². The Morgan fingerprint density at radius 3 is 1.70 bits per heavy atom. The number of para-hydroxylation sites is 1. The summed E-state index contributed by atoms with van der Waals surface area (Å²) in [5.41, 5.74) is 23.4. The predicted molar refractivity (Wildman–Crippen MR) is 261 cm³/mol. The van der Waals surface area contributed by atoms with Crippen molar-refractivity contribution in [1.82, 2.24) is 0 Å². The zero-order chi connectivity index (χ0) is 42.9. The fourth-order valence-electron chi connectivity index (χ4n) is 10.6. The second-order valence-electron chi connectivity index (χ2n) is 20.7. The summed E-state index contributed by atoms with van der Waals surface area (Å²) in [6.45, 7) is 27.8.